The van der Waals surface area contributed by atoms with Crippen LogP contribution >= 0.6 is 0 Å². The second-order valence-corrected chi connectivity index (χ2v) is 5.79. The highest BCUT2D eigenvalue weighted by molar-refractivity contribution is 5.82. The third kappa shape index (κ3) is 6.28. The molecule has 1 aromatic rings. The number of nitrogens with one attached hydrogen (secondary N) is 1. The molecule has 126 valence electrons. The molecular weight excluding hydrogens is 292 g/mol. The van der Waals surface area contributed by atoms with E-state index in [0.29, 0.717) is 12.3 Å². The first-order chi connectivity index (χ1) is 11.2. The van der Waals surface area contributed by atoms with E-state index in [1.807, 2.05) is 30.3 Å². The Bertz CT molecular complexity index is 511. The third-order valence-electron chi connectivity index (χ3n) is 4.01. The summed E-state index contributed by atoms with van der Waals surface area (Å²) in [5, 5.41) is 6.79. The maximum absolute atomic E-state index is 11.8. The number of piperidine rings is 1. The van der Waals surface area contributed by atoms with Crippen LogP contribution in [0.25, 0.3) is 0 Å². The van der Waals surface area contributed by atoms with Gasteiger partial charge in [-0.05, 0) is 24.9 Å². The van der Waals surface area contributed by atoms with Crippen LogP contribution in [0.5, 0.6) is 0 Å². The van der Waals surface area contributed by atoms with Gasteiger partial charge in [-0.3, -0.25) is 4.79 Å². The van der Waals surface area contributed by atoms with E-state index in [9.17, 15) is 4.79 Å². The van der Waals surface area contributed by atoms with Crippen molar-refractivity contribution in [3.8, 4) is 0 Å². The Morgan fingerprint density at radius 3 is 2.70 bits per heavy atom. The van der Waals surface area contributed by atoms with Crippen molar-refractivity contribution in [1.82, 2.24) is 10.2 Å². The molecule has 0 unspecified atom stereocenters. The number of rotatable bonds is 7. The number of hydrogen-bond acceptors (Lipinski definition) is 4. The molecule has 6 nitrogen and oxygen atoms in total. The Hall–Kier alpha value is -2.08. The smallest absolute Gasteiger partial charge is 0.260 e. The number of likely N-dealkylation sites (tertiary alicyclic amines) is 1. The Morgan fingerprint density at radius 2 is 2.04 bits per heavy atom. The number of carbonyl (C=O) groups excluding carboxylic acids is 1. The molecule has 0 radical (unpaired) electrons. The van der Waals surface area contributed by atoms with Gasteiger partial charge >= 0.3 is 0 Å². The van der Waals surface area contributed by atoms with Crippen LogP contribution in [0.15, 0.2) is 35.5 Å². The van der Waals surface area contributed by atoms with Crippen molar-refractivity contribution in [2.24, 2.45) is 10.9 Å². The first kappa shape index (κ1) is 17.3. The van der Waals surface area contributed by atoms with Gasteiger partial charge in [0.05, 0.1) is 0 Å². The molecule has 1 heterocycles. The van der Waals surface area contributed by atoms with Gasteiger partial charge in [-0.1, -0.05) is 42.4 Å². The molecule has 23 heavy (non-hydrogen) atoms. The van der Waals surface area contributed by atoms with Gasteiger partial charge in [0.15, 0.2) is 6.61 Å². The van der Waals surface area contributed by atoms with Gasteiger partial charge in [-0.15, -0.1) is 0 Å². The summed E-state index contributed by atoms with van der Waals surface area (Å²) in [4.78, 5) is 19.3. The van der Waals surface area contributed by atoms with Crippen molar-refractivity contribution in [1.29, 1.82) is 0 Å². The van der Waals surface area contributed by atoms with Gasteiger partial charge < -0.3 is 20.8 Å². The quantitative estimate of drug-likeness (QED) is 0.448. The predicted molar refractivity (Wildman–Crippen MR) is 91.0 cm³/mol. The molecule has 0 spiro atoms. The van der Waals surface area contributed by atoms with Gasteiger partial charge in [-0.2, -0.15) is 0 Å². The molecule has 1 aliphatic heterocycles. The van der Waals surface area contributed by atoms with Crippen LogP contribution in [0.2, 0.25) is 0 Å². The average Bonchev–Trinajstić information content (AvgIpc) is 2.56. The number of hydrogen-bond donors (Lipinski definition) is 2. The number of carbonyl (C=O) groups is 1. The summed E-state index contributed by atoms with van der Waals surface area (Å²) in [6, 6.07) is 10.0. The van der Waals surface area contributed by atoms with Gasteiger partial charge in [0.25, 0.3) is 5.91 Å². The number of nitrogens with two attached hydrogens (primary N) is 1. The lowest BCUT2D eigenvalue weighted by molar-refractivity contribution is -0.126. The number of oxime groups is 1. The van der Waals surface area contributed by atoms with Crippen molar-refractivity contribution in [3.05, 3.63) is 35.9 Å². The van der Waals surface area contributed by atoms with Crippen LogP contribution in [0, 0.1) is 0 Å². The summed E-state index contributed by atoms with van der Waals surface area (Å²) < 4.78 is 0. The Kier molecular flexibility index (Phi) is 6.87. The lowest BCUT2D eigenvalue weighted by Crippen LogP contribution is -2.45. The SMILES string of the molecule is CCN1CCC(NC(=O)CON=C(N)Cc2ccccc2)CC1. The van der Waals surface area contributed by atoms with E-state index in [-0.39, 0.29) is 18.6 Å². The highest BCUT2D eigenvalue weighted by atomic mass is 16.6. The normalized spacial score (nSPS) is 17.0. The van der Waals surface area contributed by atoms with E-state index in [1.54, 1.807) is 0 Å². The lowest BCUT2D eigenvalue weighted by Gasteiger charge is -2.31. The molecule has 0 aromatic heterocycles. The fraction of sp³-hybridized carbons (Fsp3) is 0.529. The fourth-order valence-electron chi connectivity index (χ4n) is 2.67. The number of amides is 1. The van der Waals surface area contributed by atoms with Crippen molar-refractivity contribution in [2.45, 2.75) is 32.2 Å². The Morgan fingerprint density at radius 1 is 1.35 bits per heavy atom. The summed E-state index contributed by atoms with van der Waals surface area (Å²) in [6.45, 7) is 5.20. The largest absolute Gasteiger partial charge is 0.384 e. The standard InChI is InChI=1S/C17H26N4O2/c1-2-21-10-8-15(9-11-21)19-17(22)13-23-20-16(18)12-14-6-4-3-5-7-14/h3-7,15H,2,8-13H2,1H3,(H2,18,20)(H,19,22). The number of amidine groups is 1. The highest BCUT2D eigenvalue weighted by Crippen LogP contribution is 2.09. The first-order valence-electron chi connectivity index (χ1n) is 8.17. The predicted octanol–water partition coefficient (Wildman–Crippen LogP) is 1.12. The average molecular weight is 318 g/mol. The third-order valence-corrected chi connectivity index (χ3v) is 4.01. The molecule has 0 saturated carbocycles. The molecule has 0 atom stereocenters. The van der Waals surface area contributed by atoms with Crippen LogP contribution < -0.4 is 11.1 Å². The molecular formula is C17H26N4O2. The van der Waals surface area contributed by atoms with E-state index in [4.69, 9.17) is 10.6 Å². The van der Waals surface area contributed by atoms with Gasteiger partial charge in [0.1, 0.15) is 5.84 Å². The zero-order valence-electron chi connectivity index (χ0n) is 13.7. The minimum atomic E-state index is -0.142. The molecule has 1 aliphatic rings. The second kappa shape index (κ2) is 9.15. The number of nitrogens with zero attached hydrogens (tertiary/aromatic N) is 2. The van der Waals surface area contributed by atoms with Gasteiger partial charge in [0.2, 0.25) is 0 Å². The van der Waals surface area contributed by atoms with Crippen molar-refractivity contribution in [2.75, 3.05) is 26.2 Å². The monoisotopic (exact) mass is 318 g/mol. The molecule has 1 fully saturated rings. The Labute approximate surface area is 137 Å². The van der Waals surface area contributed by atoms with Crippen LogP contribution in [0.1, 0.15) is 25.3 Å². The maximum Gasteiger partial charge on any atom is 0.260 e. The first-order valence-corrected chi connectivity index (χ1v) is 8.17. The lowest BCUT2D eigenvalue weighted by atomic mass is 10.1. The Balaban J connectivity index is 1.65. The van der Waals surface area contributed by atoms with E-state index >= 15 is 0 Å². The van der Waals surface area contributed by atoms with Crippen LogP contribution in [0.4, 0.5) is 0 Å². The highest BCUT2D eigenvalue weighted by Gasteiger charge is 2.19. The molecule has 1 saturated heterocycles. The zero-order valence-corrected chi connectivity index (χ0v) is 13.7. The van der Waals surface area contributed by atoms with E-state index < -0.39 is 0 Å². The zero-order chi connectivity index (χ0) is 16.5. The summed E-state index contributed by atoms with van der Waals surface area (Å²) in [6.07, 6.45) is 2.48. The topological polar surface area (TPSA) is 80.0 Å². The fourth-order valence-corrected chi connectivity index (χ4v) is 2.67. The summed E-state index contributed by atoms with van der Waals surface area (Å²) in [5.41, 5.74) is 6.85. The molecule has 3 N–H and O–H groups in total. The molecule has 0 bridgehead atoms. The molecule has 1 amide bonds. The van der Waals surface area contributed by atoms with Crippen LogP contribution in [0.3, 0.4) is 0 Å². The van der Waals surface area contributed by atoms with Crippen molar-refractivity contribution < 1.29 is 9.63 Å². The van der Waals surface area contributed by atoms with Crippen LogP contribution in [-0.2, 0) is 16.1 Å². The van der Waals surface area contributed by atoms with Crippen molar-refractivity contribution in [3.63, 3.8) is 0 Å². The molecule has 2 rings (SSSR count). The number of benzene rings is 1. The minimum absolute atomic E-state index is 0.0938. The van der Waals surface area contributed by atoms with E-state index in [0.717, 1.165) is 38.0 Å². The van der Waals surface area contributed by atoms with Crippen LogP contribution in [-0.4, -0.2) is 48.9 Å². The van der Waals surface area contributed by atoms with E-state index in [2.05, 4.69) is 22.3 Å². The van der Waals surface area contributed by atoms with Gasteiger partial charge in [-0.25, -0.2) is 0 Å². The summed E-state index contributed by atoms with van der Waals surface area (Å²) in [7, 11) is 0. The van der Waals surface area contributed by atoms with E-state index in [1.165, 1.54) is 0 Å². The van der Waals surface area contributed by atoms with Crippen molar-refractivity contribution >= 4 is 11.7 Å². The van der Waals surface area contributed by atoms with Gasteiger partial charge in [0, 0.05) is 25.6 Å². The molecule has 0 aliphatic carbocycles. The minimum Gasteiger partial charge on any atom is -0.384 e. The summed E-state index contributed by atoms with van der Waals surface area (Å²) in [5.74, 6) is 0.219. The maximum atomic E-state index is 11.8. The molecule has 6 heteroatoms. The summed E-state index contributed by atoms with van der Waals surface area (Å²) >= 11 is 0. The second-order valence-electron chi connectivity index (χ2n) is 5.79. The molecule has 1 aromatic carbocycles.